The lowest BCUT2D eigenvalue weighted by Gasteiger charge is -2.40. The zero-order valence-corrected chi connectivity index (χ0v) is 23.3. The van der Waals surface area contributed by atoms with Gasteiger partial charge < -0.3 is 14.8 Å². The molecule has 2 aromatic carbocycles. The van der Waals surface area contributed by atoms with Gasteiger partial charge in [0.25, 0.3) is 0 Å². The van der Waals surface area contributed by atoms with Crippen molar-refractivity contribution < 1.29 is 8.78 Å². The molecule has 9 heteroatoms. The van der Waals surface area contributed by atoms with E-state index in [1.165, 1.54) is 24.5 Å². The van der Waals surface area contributed by atoms with E-state index in [1.807, 2.05) is 12.1 Å². The minimum atomic E-state index is -0.599. The fraction of sp³-hybridized carbons (Fsp3) is 0.452. The molecule has 2 saturated heterocycles. The van der Waals surface area contributed by atoms with Gasteiger partial charge in [-0.05, 0) is 69.5 Å². The number of nitrogens with one attached hydrogen (secondary N) is 1. The third-order valence-electron chi connectivity index (χ3n) is 9.10. The van der Waals surface area contributed by atoms with Gasteiger partial charge >= 0.3 is 0 Å². The molecule has 3 aliphatic heterocycles. The van der Waals surface area contributed by atoms with Gasteiger partial charge in [-0.15, -0.1) is 0 Å². The fourth-order valence-corrected chi connectivity index (χ4v) is 6.95. The van der Waals surface area contributed by atoms with Crippen LogP contribution >= 0.6 is 0 Å². The summed E-state index contributed by atoms with van der Waals surface area (Å²) < 4.78 is 32.2. The Balaban J connectivity index is 1.11. The molecule has 0 spiro atoms. The van der Waals surface area contributed by atoms with Crippen molar-refractivity contribution in [3.05, 3.63) is 65.6 Å². The molecular formula is C31H35F2N7. The number of hydrogen-bond acceptors (Lipinski definition) is 6. The quantitative estimate of drug-likeness (QED) is 0.329. The molecule has 2 aromatic heterocycles. The molecule has 2 atom stereocenters. The Morgan fingerprint density at radius 2 is 1.75 bits per heavy atom. The number of aromatic nitrogens is 4. The third-order valence-corrected chi connectivity index (χ3v) is 9.10. The highest BCUT2D eigenvalue weighted by atomic mass is 19.1. The maximum absolute atomic E-state index is 15.1. The molecule has 40 heavy (non-hydrogen) atoms. The number of benzene rings is 2. The lowest BCUT2D eigenvalue weighted by molar-refractivity contribution is 0.0642. The van der Waals surface area contributed by atoms with E-state index in [-0.39, 0.29) is 17.2 Å². The van der Waals surface area contributed by atoms with E-state index in [0.717, 1.165) is 56.7 Å². The summed E-state index contributed by atoms with van der Waals surface area (Å²) >= 11 is 0. The van der Waals surface area contributed by atoms with Crippen LogP contribution in [0.25, 0.3) is 22.3 Å². The molecular weight excluding hydrogens is 508 g/mol. The van der Waals surface area contributed by atoms with Crippen LogP contribution in [0.3, 0.4) is 0 Å². The summed E-state index contributed by atoms with van der Waals surface area (Å²) in [5, 5.41) is 3.20. The van der Waals surface area contributed by atoms with Crippen LogP contribution < -0.4 is 5.32 Å². The van der Waals surface area contributed by atoms with Crippen molar-refractivity contribution in [2.75, 3.05) is 25.0 Å². The van der Waals surface area contributed by atoms with Crippen LogP contribution in [0.5, 0.6) is 0 Å². The Labute approximate surface area is 233 Å². The van der Waals surface area contributed by atoms with Gasteiger partial charge in [-0.2, -0.15) is 0 Å². The summed E-state index contributed by atoms with van der Waals surface area (Å²) in [6, 6.07) is 12.7. The van der Waals surface area contributed by atoms with Crippen LogP contribution in [-0.4, -0.2) is 61.0 Å². The number of rotatable bonds is 6. The second-order valence-corrected chi connectivity index (χ2v) is 12.1. The molecule has 1 N–H and O–H groups in total. The zero-order chi connectivity index (χ0) is 27.6. The monoisotopic (exact) mass is 543 g/mol. The van der Waals surface area contributed by atoms with Crippen molar-refractivity contribution in [3.8, 4) is 11.3 Å². The maximum Gasteiger partial charge on any atom is 0.227 e. The number of likely N-dealkylation sites (N-methyl/N-ethyl adjacent to an activating group) is 1. The molecule has 208 valence electrons. The first kappa shape index (κ1) is 25.5. The number of nitrogens with zero attached hydrogens (tertiary/aromatic N) is 6. The Hall–Kier alpha value is -3.43. The van der Waals surface area contributed by atoms with Gasteiger partial charge in [0, 0.05) is 54.9 Å². The molecule has 0 amide bonds. The van der Waals surface area contributed by atoms with Crippen molar-refractivity contribution >= 4 is 22.7 Å². The maximum atomic E-state index is 15.1. The summed E-state index contributed by atoms with van der Waals surface area (Å²) in [4.78, 5) is 18.4. The number of likely N-dealkylation sites (tertiary alicyclic amines) is 1. The Bertz CT molecular complexity index is 1570. The molecule has 2 bridgehead atoms. The largest absolute Gasteiger partial charge is 0.324 e. The number of imidazole rings is 1. The van der Waals surface area contributed by atoms with Crippen LogP contribution in [0.2, 0.25) is 0 Å². The van der Waals surface area contributed by atoms with Gasteiger partial charge in [-0.25, -0.2) is 23.7 Å². The van der Waals surface area contributed by atoms with Crippen molar-refractivity contribution in [3.63, 3.8) is 0 Å². The molecule has 2 fully saturated rings. The lowest BCUT2D eigenvalue weighted by Crippen LogP contribution is -2.52. The number of hydrogen-bond donors (Lipinski definition) is 1. The highest BCUT2D eigenvalue weighted by Gasteiger charge is 2.39. The van der Waals surface area contributed by atoms with Crippen LogP contribution in [0.15, 0.2) is 42.6 Å². The standard InChI is InChI=1S/C31H35F2N7/c1-4-38-17-22-9-10-23(18-38)39(22)16-19-5-7-21(8-6-19)35-30-34-15-25(33)28(37-30)20-13-24(32)29-26(14-20)40-27(36-29)11-12-31(40,2)3/h5-8,13-15,22-23H,4,9-12,16-18H2,1-3H3,(H,34,35,37). The topological polar surface area (TPSA) is 62.1 Å². The van der Waals surface area contributed by atoms with E-state index >= 15 is 4.39 Å². The van der Waals surface area contributed by atoms with Crippen LogP contribution in [0.4, 0.5) is 20.4 Å². The van der Waals surface area contributed by atoms with Gasteiger partial charge in [-0.3, -0.25) is 4.90 Å². The Kier molecular flexibility index (Phi) is 6.12. The number of fused-ring (bicyclic) bond motifs is 5. The third kappa shape index (κ3) is 4.36. The van der Waals surface area contributed by atoms with Gasteiger partial charge in [0.1, 0.15) is 17.0 Å². The predicted molar refractivity (Wildman–Crippen MR) is 153 cm³/mol. The minimum Gasteiger partial charge on any atom is -0.324 e. The van der Waals surface area contributed by atoms with Crippen molar-refractivity contribution in [2.45, 2.75) is 70.6 Å². The van der Waals surface area contributed by atoms with Crippen LogP contribution in [0.1, 0.15) is 51.4 Å². The average molecular weight is 544 g/mol. The van der Waals surface area contributed by atoms with Gasteiger partial charge in [0.2, 0.25) is 5.95 Å². The van der Waals surface area contributed by atoms with Crippen molar-refractivity contribution in [1.82, 2.24) is 29.3 Å². The average Bonchev–Trinajstić information content (AvgIpc) is 3.54. The van der Waals surface area contributed by atoms with Crippen LogP contribution in [-0.2, 0) is 18.5 Å². The second-order valence-electron chi connectivity index (χ2n) is 12.1. The van der Waals surface area contributed by atoms with E-state index < -0.39 is 11.6 Å². The second kappa shape index (κ2) is 9.59. The number of piperazine rings is 1. The fourth-order valence-electron chi connectivity index (χ4n) is 6.95. The Morgan fingerprint density at radius 1 is 1.00 bits per heavy atom. The van der Waals surface area contributed by atoms with E-state index in [2.05, 4.69) is 67.5 Å². The van der Waals surface area contributed by atoms with E-state index in [4.69, 9.17) is 0 Å². The summed E-state index contributed by atoms with van der Waals surface area (Å²) in [5.74, 6) is 0.0498. The van der Waals surface area contributed by atoms with Crippen molar-refractivity contribution in [1.29, 1.82) is 0 Å². The summed E-state index contributed by atoms with van der Waals surface area (Å²) in [6.45, 7) is 10.9. The molecule has 3 aliphatic rings. The number of anilines is 2. The molecule has 7 nitrogen and oxygen atoms in total. The highest BCUT2D eigenvalue weighted by Crippen LogP contribution is 2.38. The number of aryl methyl sites for hydroxylation is 1. The van der Waals surface area contributed by atoms with Gasteiger partial charge in [0.15, 0.2) is 11.6 Å². The molecule has 0 aliphatic carbocycles. The summed E-state index contributed by atoms with van der Waals surface area (Å²) in [5.41, 5.74) is 3.32. The molecule has 7 rings (SSSR count). The van der Waals surface area contributed by atoms with Crippen LogP contribution in [0, 0.1) is 11.6 Å². The summed E-state index contributed by atoms with van der Waals surface area (Å²) in [6.07, 6.45) is 5.42. The molecule has 2 unspecified atom stereocenters. The normalized spacial score (nSPS) is 22.2. The predicted octanol–water partition coefficient (Wildman–Crippen LogP) is 5.86. The highest BCUT2D eigenvalue weighted by molar-refractivity contribution is 5.83. The van der Waals surface area contributed by atoms with E-state index in [9.17, 15) is 4.39 Å². The van der Waals surface area contributed by atoms with Gasteiger partial charge in [0.05, 0.1) is 11.7 Å². The first-order valence-corrected chi connectivity index (χ1v) is 14.4. The Morgan fingerprint density at radius 3 is 2.48 bits per heavy atom. The first-order chi connectivity index (χ1) is 19.3. The van der Waals surface area contributed by atoms with Crippen molar-refractivity contribution in [2.24, 2.45) is 0 Å². The SMILES string of the molecule is CCN1CC2CCC(C1)N2Cc1ccc(Nc2ncc(F)c(-c3cc(F)c4nc5n(c4c3)C(C)(C)CC5)n2)cc1. The summed E-state index contributed by atoms with van der Waals surface area (Å²) in [7, 11) is 0. The number of halogens is 2. The molecule has 0 radical (unpaired) electrons. The lowest BCUT2D eigenvalue weighted by atomic mass is 10.0. The van der Waals surface area contributed by atoms with E-state index in [1.54, 1.807) is 6.07 Å². The molecule has 5 heterocycles. The minimum absolute atomic E-state index is 0.0583. The first-order valence-electron chi connectivity index (χ1n) is 14.4. The van der Waals surface area contributed by atoms with Gasteiger partial charge in [-0.1, -0.05) is 19.1 Å². The van der Waals surface area contributed by atoms with E-state index in [0.29, 0.717) is 28.7 Å². The zero-order valence-electron chi connectivity index (χ0n) is 23.3. The molecule has 4 aromatic rings. The molecule has 0 saturated carbocycles. The smallest absolute Gasteiger partial charge is 0.227 e.